The molecule has 0 fully saturated rings. The molecule has 0 aliphatic carbocycles. The molecule has 0 aliphatic heterocycles. The van der Waals surface area contributed by atoms with Gasteiger partial charge in [0.1, 0.15) is 5.75 Å². The van der Waals surface area contributed by atoms with Crippen molar-refractivity contribution in [3.63, 3.8) is 0 Å². The molecule has 2 aromatic rings. The smallest absolute Gasteiger partial charge is 0.339 e. The molecule has 0 atom stereocenters. The number of carbonyl (C=O) groups is 1. The number of esters is 1. The number of methoxy groups -OCH3 is 2. The summed E-state index contributed by atoms with van der Waals surface area (Å²) in [5.74, 6) is 0.360. The van der Waals surface area contributed by atoms with E-state index in [9.17, 15) is 4.79 Å². The highest BCUT2D eigenvalue weighted by Gasteiger charge is 2.11. The van der Waals surface area contributed by atoms with Crippen LogP contribution in [-0.4, -0.2) is 20.2 Å². The first-order valence-corrected chi connectivity index (χ1v) is 6.77. The summed E-state index contributed by atoms with van der Waals surface area (Å²) >= 11 is 6.00. The summed E-state index contributed by atoms with van der Waals surface area (Å²) in [6.45, 7) is 0.484. The van der Waals surface area contributed by atoms with Crippen LogP contribution in [0.25, 0.3) is 0 Å². The number of para-hydroxylation sites is 1. The van der Waals surface area contributed by atoms with E-state index in [2.05, 4.69) is 5.32 Å². The molecule has 0 bridgehead atoms. The molecule has 0 unspecified atom stereocenters. The number of benzene rings is 2. The van der Waals surface area contributed by atoms with Gasteiger partial charge in [-0.2, -0.15) is 0 Å². The monoisotopic (exact) mass is 305 g/mol. The lowest BCUT2D eigenvalue weighted by atomic mass is 10.1. The molecule has 0 aromatic heterocycles. The van der Waals surface area contributed by atoms with Crippen LogP contribution in [0, 0.1) is 0 Å². The Hall–Kier alpha value is -2.20. The van der Waals surface area contributed by atoms with Crippen LogP contribution in [0.1, 0.15) is 15.9 Å². The third-order valence-electron chi connectivity index (χ3n) is 3.04. The van der Waals surface area contributed by atoms with Crippen LogP contribution in [0.3, 0.4) is 0 Å². The second kappa shape index (κ2) is 6.99. The zero-order chi connectivity index (χ0) is 15.2. The molecular formula is C16H16ClNO3. The lowest BCUT2D eigenvalue weighted by Crippen LogP contribution is -2.08. The van der Waals surface area contributed by atoms with Crippen LogP contribution in [0.2, 0.25) is 5.02 Å². The van der Waals surface area contributed by atoms with E-state index in [1.54, 1.807) is 25.3 Å². The van der Waals surface area contributed by atoms with Crippen LogP contribution in [0.15, 0.2) is 42.5 Å². The fourth-order valence-electron chi connectivity index (χ4n) is 2.00. The Balaban J connectivity index is 2.21. The van der Waals surface area contributed by atoms with E-state index in [0.717, 1.165) is 11.3 Å². The average Bonchev–Trinajstić information content (AvgIpc) is 2.52. The van der Waals surface area contributed by atoms with Gasteiger partial charge in [-0.3, -0.25) is 0 Å². The number of carbonyl (C=O) groups excluding carboxylic acids is 1. The van der Waals surface area contributed by atoms with Gasteiger partial charge in [0, 0.05) is 22.8 Å². The van der Waals surface area contributed by atoms with Gasteiger partial charge in [-0.1, -0.05) is 23.7 Å². The zero-order valence-electron chi connectivity index (χ0n) is 11.9. The van der Waals surface area contributed by atoms with Gasteiger partial charge >= 0.3 is 5.97 Å². The molecule has 21 heavy (non-hydrogen) atoms. The Morgan fingerprint density at radius 2 is 1.95 bits per heavy atom. The summed E-state index contributed by atoms with van der Waals surface area (Å²) in [4.78, 5) is 11.7. The fourth-order valence-corrected chi connectivity index (χ4v) is 2.20. The number of hydrogen-bond acceptors (Lipinski definition) is 4. The van der Waals surface area contributed by atoms with Gasteiger partial charge < -0.3 is 14.8 Å². The summed E-state index contributed by atoms with van der Waals surface area (Å²) in [5.41, 5.74) is 2.09. The maximum absolute atomic E-state index is 11.7. The molecule has 1 N–H and O–H groups in total. The van der Waals surface area contributed by atoms with Crippen molar-refractivity contribution in [2.45, 2.75) is 6.54 Å². The Morgan fingerprint density at radius 1 is 1.19 bits per heavy atom. The van der Waals surface area contributed by atoms with Crippen LogP contribution < -0.4 is 10.1 Å². The van der Waals surface area contributed by atoms with Gasteiger partial charge in [0.2, 0.25) is 0 Å². The Morgan fingerprint density at radius 3 is 2.67 bits per heavy atom. The minimum Gasteiger partial charge on any atom is -0.496 e. The lowest BCUT2D eigenvalue weighted by Gasteiger charge is -2.13. The quantitative estimate of drug-likeness (QED) is 0.855. The second-order valence-electron chi connectivity index (χ2n) is 4.35. The highest BCUT2D eigenvalue weighted by Crippen LogP contribution is 2.24. The van der Waals surface area contributed by atoms with Gasteiger partial charge in [-0.05, 0) is 30.3 Å². The van der Waals surface area contributed by atoms with Crippen molar-refractivity contribution in [1.82, 2.24) is 0 Å². The van der Waals surface area contributed by atoms with E-state index in [0.29, 0.717) is 22.8 Å². The molecule has 0 spiro atoms. The second-order valence-corrected chi connectivity index (χ2v) is 4.78. The van der Waals surface area contributed by atoms with Gasteiger partial charge in [0.05, 0.1) is 19.8 Å². The van der Waals surface area contributed by atoms with Crippen LogP contribution in [0.4, 0.5) is 5.69 Å². The zero-order valence-corrected chi connectivity index (χ0v) is 12.6. The maximum Gasteiger partial charge on any atom is 0.339 e. The third kappa shape index (κ3) is 3.67. The van der Waals surface area contributed by atoms with Crippen molar-refractivity contribution in [3.8, 4) is 5.75 Å². The Labute approximate surface area is 128 Å². The molecule has 0 heterocycles. The number of nitrogens with one attached hydrogen (secondary N) is 1. The topological polar surface area (TPSA) is 47.6 Å². The summed E-state index contributed by atoms with van der Waals surface area (Å²) in [7, 11) is 2.97. The SMILES string of the molecule is COC(=O)c1ccccc1NCc1cc(Cl)ccc1OC. The van der Waals surface area contributed by atoms with Crippen molar-refractivity contribution in [2.75, 3.05) is 19.5 Å². The molecule has 110 valence electrons. The number of halogens is 1. The minimum atomic E-state index is -0.379. The first-order chi connectivity index (χ1) is 10.2. The van der Waals surface area contributed by atoms with Crippen molar-refractivity contribution >= 4 is 23.3 Å². The molecule has 5 heteroatoms. The van der Waals surface area contributed by atoms with E-state index in [1.807, 2.05) is 24.3 Å². The normalized spacial score (nSPS) is 10.0. The van der Waals surface area contributed by atoms with E-state index in [1.165, 1.54) is 7.11 Å². The number of ether oxygens (including phenoxy) is 2. The van der Waals surface area contributed by atoms with Crippen LogP contribution in [-0.2, 0) is 11.3 Å². The van der Waals surface area contributed by atoms with Gasteiger partial charge in [0.15, 0.2) is 0 Å². The first-order valence-electron chi connectivity index (χ1n) is 6.39. The van der Waals surface area contributed by atoms with E-state index in [4.69, 9.17) is 21.1 Å². The molecule has 0 amide bonds. The van der Waals surface area contributed by atoms with E-state index in [-0.39, 0.29) is 5.97 Å². The van der Waals surface area contributed by atoms with Gasteiger partial charge in [-0.15, -0.1) is 0 Å². The molecule has 0 saturated carbocycles. The predicted octanol–water partition coefficient (Wildman–Crippen LogP) is 3.75. The largest absolute Gasteiger partial charge is 0.496 e. The number of rotatable bonds is 5. The van der Waals surface area contributed by atoms with Crippen molar-refractivity contribution < 1.29 is 14.3 Å². The lowest BCUT2D eigenvalue weighted by molar-refractivity contribution is 0.0602. The summed E-state index contributed by atoms with van der Waals surface area (Å²) in [6.07, 6.45) is 0. The van der Waals surface area contributed by atoms with Crippen LogP contribution in [0.5, 0.6) is 5.75 Å². The standard InChI is InChI=1S/C16H16ClNO3/c1-20-15-8-7-12(17)9-11(15)10-18-14-6-4-3-5-13(14)16(19)21-2/h3-9,18H,10H2,1-2H3. The molecule has 4 nitrogen and oxygen atoms in total. The van der Waals surface area contributed by atoms with Gasteiger partial charge in [0.25, 0.3) is 0 Å². The Kier molecular flexibility index (Phi) is 5.06. The molecule has 0 radical (unpaired) electrons. The summed E-state index contributed by atoms with van der Waals surface area (Å²) < 4.78 is 10.1. The highest BCUT2D eigenvalue weighted by atomic mass is 35.5. The third-order valence-corrected chi connectivity index (χ3v) is 3.28. The molecule has 2 aromatic carbocycles. The maximum atomic E-state index is 11.7. The first kappa shape index (κ1) is 15.2. The molecular weight excluding hydrogens is 290 g/mol. The van der Waals surface area contributed by atoms with Crippen molar-refractivity contribution in [1.29, 1.82) is 0 Å². The minimum absolute atomic E-state index is 0.379. The van der Waals surface area contributed by atoms with Gasteiger partial charge in [-0.25, -0.2) is 4.79 Å². The summed E-state index contributed by atoms with van der Waals surface area (Å²) in [6, 6.07) is 12.6. The molecule has 0 aliphatic rings. The van der Waals surface area contributed by atoms with Crippen LogP contribution >= 0.6 is 11.6 Å². The Bertz CT molecular complexity index is 643. The van der Waals surface area contributed by atoms with Crippen molar-refractivity contribution in [3.05, 3.63) is 58.6 Å². The van der Waals surface area contributed by atoms with E-state index < -0.39 is 0 Å². The number of anilines is 1. The fraction of sp³-hybridized carbons (Fsp3) is 0.188. The van der Waals surface area contributed by atoms with E-state index >= 15 is 0 Å². The predicted molar refractivity (Wildman–Crippen MR) is 83.1 cm³/mol. The number of hydrogen-bond donors (Lipinski definition) is 1. The molecule has 0 saturated heterocycles. The highest BCUT2D eigenvalue weighted by molar-refractivity contribution is 6.30. The van der Waals surface area contributed by atoms with Crippen molar-refractivity contribution in [2.24, 2.45) is 0 Å². The average molecular weight is 306 g/mol. The summed E-state index contributed by atoms with van der Waals surface area (Å²) in [5, 5.41) is 3.84. The molecule has 2 rings (SSSR count).